The van der Waals surface area contributed by atoms with E-state index in [0.29, 0.717) is 25.9 Å². The predicted octanol–water partition coefficient (Wildman–Crippen LogP) is 1.81. The quantitative estimate of drug-likeness (QED) is 0.867. The molecule has 1 amide bonds. The lowest BCUT2D eigenvalue weighted by molar-refractivity contribution is -0.126. The lowest BCUT2D eigenvalue weighted by Gasteiger charge is -2.43. The van der Waals surface area contributed by atoms with Crippen LogP contribution in [-0.2, 0) is 16.9 Å². The van der Waals surface area contributed by atoms with Crippen LogP contribution >= 0.6 is 0 Å². The van der Waals surface area contributed by atoms with Crippen molar-refractivity contribution >= 4 is 5.91 Å². The van der Waals surface area contributed by atoms with Crippen molar-refractivity contribution in [2.45, 2.75) is 49.9 Å². The van der Waals surface area contributed by atoms with Crippen molar-refractivity contribution < 1.29 is 14.3 Å². The molecule has 0 saturated carbocycles. The van der Waals surface area contributed by atoms with Crippen LogP contribution in [0.2, 0.25) is 0 Å². The molecule has 2 aliphatic heterocycles. The lowest BCUT2D eigenvalue weighted by atomic mass is 9.83. The summed E-state index contributed by atoms with van der Waals surface area (Å²) in [6.45, 7) is 0.779. The largest absolute Gasteiger partial charge is 0.467 e. The number of carbonyl (C=O) groups is 1. The number of hydrogen-bond donors (Lipinski definition) is 2. The number of nitrogens with one attached hydrogen (secondary N) is 1. The number of piperidine rings is 1. The van der Waals surface area contributed by atoms with Crippen LogP contribution in [0.4, 0.5) is 0 Å². The van der Waals surface area contributed by atoms with E-state index in [2.05, 4.69) is 15.2 Å². The molecule has 2 saturated heterocycles. The van der Waals surface area contributed by atoms with Crippen molar-refractivity contribution in [3.63, 3.8) is 0 Å². The van der Waals surface area contributed by atoms with Gasteiger partial charge in [-0.15, -0.1) is 0 Å². The summed E-state index contributed by atoms with van der Waals surface area (Å²) in [6.07, 6.45) is 6.63. The highest BCUT2D eigenvalue weighted by molar-refractivity contribution is 5.78. The van der Waals surface area contributed by atoms with E-state index >= 15 is 0 Å². The molecule has 0 aromatic carbocycles. The molecular formula is C19H23N3O3. The molecule has 3 atom stereocenters. The minimum atomic E-state index is -0.881. The third-order valence-electron chi connectivity index (χ3n) is 5.43. The number of amides is 1. The van der Waals surface area contributed by atoms with Crippen LogP contribution in [0.15, 0.2) is 47.2 Å². The Labute approximate surface area is 146 Å². The van der Waals surface area contributed by atoms with Crippen molar-refractivity contribution in [1.29, 1.82) is 0 Å². The standard InChI is InChI=1S/C19H23N3O3/c23-18(21-12-16-4-3-9-25-16)13-22-14-6-7-15(22)11-19(24,10-14)17-5-1-2-8-20-17/h1-5,8-9,14-15,24H,6-7,10-13H2,(H,21,23)/t14-,15+,19?. The Bertz CT molecular complexity index is 703. The molecule has 4 heterocycles. The number of rotatable bonds is 5. The second-order valence-electron chi connectivity index (χ2n) is 7.07. The van der Waals surface area contributed by atoms with Crippen LogP contribution in [0.25, 0.3) is 0 Å². The Balaban J connectivity index is 1.38. The van der Waals surface area contributed by atoms with E-state index in [1.165, 1.54) is 0 Å². The fourth-order valence-corrected chi connectivity index (χ4v) is 4.24. The average molecular weight is 341 g/mol. The fraction of sp³-hybridized carbons (Fsp3) is 0.474. The summed E-state index contributed by atoms with van der Waals surface area (Å²) >= 11 is 0. The molecule has 2 aromatic heterocycles. The topological polar surface area (TPSA) is 78.6 Å². The van der Waals surface area contributed by atoms with Gasteiger partial charge in [-0.3, -0.25) is 14.7 Å². The zero-order valence-corrected chi connectivity index (χ0v) is 14.1. The van der Waals surface area contributed by atoms with Crippen LogP contribution in [0, 0.1) is 0 Å². The second-order valence-corrected chi connectivity index (χ2v) is 7.07. The maximum Gasteiger partial charge on any atom is 0.234 e. The van der Waals surface area contributed by atoms with Gasteiger partial charge in [0.2, 0.25) is 5.91 Å². The maximum absolute atomic E-state index is 12.3. The van der Waals surface area contributed by atoms with Crippen molar-refractivity contribution in [3.05, 3.63) is 54.2 Å². The Hall–Kier alpha value is -2.18. The van der Waals surface area contributed by atoms with E-state index in [1.807, 2.05) is 30.3 Å². The van der Waals surface area contributed by atoms with Crippen LogP contribution in [0.3, 0.4) is 0 Å². The predicted molar refractivity (Wildman–Crippen MR) is 91.4 cm³/mol. The molecule has 4 rings (SSSR count). The monoisotopic (exact) mass is 341 g/mol. The lowest BCUT2D eigenvalue weighted by Crippen LogP contribution is -2.52. The first-order chi connectivity index (χ1) is 12.1. The summed E-state index contributed by atoms with van der Waals surface area (Å²) in [6, 6.07) is 9.77. The van der Waals surface area contributed by atoms with Gasteiger partial charge in [-0.1, -0.05) is 6.07 Å². The van der Waals surface area contributed by atoms with Crippen molar-refractivity contribution in [1.82, 2.24) is 15.2 Å². The number of hydrogen-bond acceptors (Lipinski definition) is 5. The van der Waals surface area contributed by atoms with E-state index in [1.54, 1.807) is 12.5 Å². The van der Waals surface area contributed by atoms with Crippen LogP contribution < -0.4 is 5.32 Å². The molecule has 6 heteroatoms. The SMILES string of the molecule is O=C(CN1[C@@H]2CC[C@H]1CC(O)(c1ccccn1)C2)NCc1ccco1. The van der Waals surface area contributed by atoms with Crippen molar-refractivity contribution in [2.24, 2.45) is 0 Å². The summed E-state index contributed by atoms with van der Waals surface area (Å²) in [5.41, 5.74) is -0.136. The van der Waals surface area contributed by atoms with Gasteiger partial charge >= 0.3 is 0 Å². The number of pyridine rings is 1. The normalized spacial score (nSPS) is 28.8. The van der Waals surface area contributed by atoms with Gasteiger partial charge in [0.25, 0.3) is 0 Å². The summed E-state index contributed by atoms with van der Waals surface area (Å²) in [4.78, 5) is 18.9. The van der Waals surface area contributed by atoms with Crippen molar-refractivity contribution in [3.8, 4) is 0 Å². The van der Waals surface area contributed by atoms with E-state index in [0.717, 1.165) is 24.3 Å². The highest BCUT2D eigenvalue weighted by Crippen LogP contribution is 2.44. The molecule has 6 nitrogen and oxygen atoms in total. The van der Waals surface area contributed by atoms with Gasteiger partial charge in [0.15, 0.2) is 0 Å². The van der Waals surface area contributed by atoms with Gasteiger partial charge in [-0.2, -0.15) is 0 Å². The summed E-state index contributed by atoms with van der Waals surface area (Å²) in [5.74, 6) is 0.746. The molecule has 2 bridgehead atoms. The number of carbonyl (C=O) groups excluding carboxylic acids is 1. The van der Waals surface area contributed by atoms with E-state index in [9.17, 15) is 9.90 Å². The smallest absolute Gasteiger partial charge is 0.234 e. The number of aliphatic hydroxyl groups is 1. The third-order valence-corrected chi connectivity index (χ3v) is 5.43. The van der Waals surface area contributed by atoms with Gasteiger partial charge in [-0.05, 0) is 49.9 Å². The molecular weight excluding hydrogens is 318 g/mol. The molecule has 2 aliphatic rings. The zero-order chi connectivity index (χ0) is 17.3. The summed E-state index contributed by atoms with van der Waals surface area (Å²) < 4.78 is 5.24. The minimum absolute atomic E-state index is 0.00317. The molecule has 2 N–H and O–H groups in total. The highest BCUT2D eigenvalue weighted by atomic mass is 16.3. The number of aromatic nitrogens is 1. The Morgan fingerprint density at radius 2 is 2.08 bits per heavy atom. The number of fused-ring (bicyclic) bond motifs is 2. The Morgan fingerprint density at radius 3 is 2.72 bits per heavy atom. The molecule has 0 spiro atoms. The molecule has 2 aromatic rings. The Morgan fingerprint density at radius 1 is 1.28 bits per heavy atom. The van der Waals surface area contributed by atoms with Gasteiger partial charge in [-0.25, -0.2) is 0 Å². The average Bonchev–Trinajstić information content (AvgIpc) is 3.22. The van der Waals surface area contributed by atoms with E-state index in [4.69, 9.17) is 4.42 Å². The molecule has 1 unspecified atom stereocenters. The molecule has 25 heavy (non-hydrogen) atoms. The van der Waals surface area contributed by atoms with Crippen molar-refractivity contribution in [2.75, 3.05) is 6.54 Å². The maximum atomic E-state index is 12.3. The molecule has 0 radical (unpaired) electrons. The molecule has 132 valence electrons. The fourth-order valence-electron chi connectivity index (χ4n) is 4.24. The van der Waals surface area contributed by atoms with Crippen LogP contribution in [0.5, 0.6) is 0 Å². The number of nitrogens with zero attached hydrogens (tertiary/aromatic N) is 2. The Kier molecular flexibility index (Phi) is 4.31. The molecule has 0 aliphatic carbocycles. The van der Waals surface area contributed by atoms with Gasteiger partial charge in [0.1, 0.15) is 11.4 Å². The first-order valence-corrected chi connectivity index (χ1v) is 8.83. The summed E-state index contributed by atoms with van der Waals surface area (Å²) in [5, 5.41) is 14.0. The summed E-state index contributed by atoms with van der Waals surface area (Å²) in [7, 11) is 0. The van der Waals surface area contributed by atoms with Gasteiger partial charge in [0.05, 0.1) is 25.0 Å². The third kappa shape index (κ3) is 3.32. The van der Waals surface area contributed by atoms with Crippen LogP contribution in [-0.4, -0.2) is 39.5 Å². The van der Waals surface area contributed by atoms with Gasteiger partial charge < -0.3 is 14.8 Å². The zero-order valence-electron chi connectivity index (χ0n) is 14.1. The molecule has 2 fully saturated rings. The first kappa shape index (κ1) is 16.3. The van der Waals surface area contributed by atoms with Gasteiger partial charge in [0, 0.05) is 18.3 Å². The van der Waals surface area contributed by atoms with E-state index in [-0.39, 0.29) is 18.0 Å². The second kappa shape index (κ2) is 6.61. The highest BCUT2D eigenvalue weighted by Gasteiger charge is 2.49. The van der Waals surface area contributed by atoms with Crippen LogP contribution in [0.1, 0.15) is 37.1 Å². The minimum Gasteiger partial charge on any atom is -0.467 e. The first-order valence-electron chi connectivity index (χ1n) is 8.83. The van der Waals surface area contributed by atoms with E-state index < -0.39 is 5.60 Å². The number of furan rings is 1.